The SMILES string of the molecule is CC(C)C(CNC(=O)CC(=O)O)N(C)C. The molecular formula is C10H20N2O3. The van der Waals surface area contributed by atoms with E-state index in [1.54, 1.807) is 0 Å². The third-order valence-electron chi connectivity index (χ3n) is 2.25. The fourth-order valence-electron chi connectivity index (χ4n) is 1.43. The summed E-state index contributed by atoms with van der Waals surface area (Å²) in [5.74, 6) is -1.13. The lowest BCUT2D eigenvalue weighted by atomic mass is 10.0. The van der Waals surface area contributed by atoms with E-state index in [2.05, 4.69) is 19.2 Å². The van der Waals surface area contributed by atoms with Crippen molar-refractivity contribution in [1.82, 2.24) is 10.2 Å². The highest BCUT2D eigenvalue weighted by molar-refractivity contribution is 5.93. The zero-order valence-electron chi connectivity index (χ0n) is 9.78. The van der Waals surface area contributed by atoms with Gasteiger partial charge in [-0.3, -0.25) is 9.59 Å². The molecule has 0 aromatic carbocycles. The van der Waals surface area contributed by atoms with E-state index in [4.69, 9.17) is 5.11 Å². The molecule has 0 aromatic rings. The predicted molar refractivity (Wildman–Crippen MR) is 57.6 cm³/mol. The van der Waals surface area contributed by atoms with Crippen LogP contribution in [0.5, 0.6) is 0 Å². The number of nitrogens with one attached hydrogen (secondary N) is 1. The summed E-state index contributed by atoms with van der Waals surface area (Å²) in [5, 5.41) is 11.0. The normalized spacial score (nSPS) is 12.9. The smallest absolute Gasteiger partial charge is 0.312 e. The van der Waals surface area contributed by atoms with Crippen molar-refractivity contribution < 1.29 is 14.7 Å². The quantitative estimate of drug-likeness (QED) is 0.621. The summed E-state index contributed by atoms with van der Waals surface area (Å²) in [5.41, 5.74) is 0. The number of carboxylic acids is 1. The summed E-state index contributed by atoms with van der Waals surface area (Å²) < 4.78 is 0. The van der Waals surface area contributed by atoms with Crippen molar-refractivity contribution in [2.75, 3.05) is 20.6 Å². The molecule has 0 saturated heterocycles. The fraction of sp³-hybridized carbons (Fsp3) is 0.800. The molecule has 0 rings (SSSR count). The number of carbonyl (C=O) groups is 2. The van der Waals surface area contributed by atoms with Gasteiger partial charge in [0.05, 0.1) is 0 Å². The molecule has 0 heterocycles. The molecule has 0 bridgehead atoms. The number of carbonyl (C=O) groups excluding carboxylic acids is 1. The molecule has 0 spiro atoms. The Balaban J connectivity index is 4.00. The Hall–Kier alpha value is -1.10. The number of carboxylic acid groups (broad SMARTS) is 1. The second-order valence-corrected chi connectivity index (χ2v) is 4.15. The largest absolute Gasteiger partial charge is 0.481 e. The monoisotopic (exact) mass is 216 g/mol. The summed E-state index contributed by atoms with van der Waals surface area (Å²) in [7, 11) is 3.88. The molecule has 15 heavy (non-hydrogen) atoms. The van der Waals surface area contributed by atoms with E-state index in [1.165, 1.54) is 0 Å². The summed E-state index contributed by atoms with van der Waals surface area (Å²) in [6, 6.07) is 0.225. The first-order valence-corrected chi connectivity index (χ1v) is 4.99. The molecule has 5 heteroatoms. The molecular weight excluding hydrogens is 196 g/mol. The molecule has 2 N–H and O–H groups in total. The molecule has 1 unspecified atom stereocenters. The minimum absolute atomic E-state index is 0.225. The van der Waals surface area contributed by atoms with E-state index < -0.39 is 18.3 Å². The average Bonchev–Trinajstić information content (AvgIpc) is 2.00. The minimum Gasteiger partial charge on any atom is -0.481 e. The second kappa shape index (κ2) is 6.40. The van der Waals surface area contributed by atoms with Crippen molar-refractivity contribution in [2.45, 2.75) is 26.3 Å². The highest BCUT2D eigenvalue weighted by Crippen LogP contribution is 2.05. The van der Waals surface area contributed by atoms with Gasteiger partial charge >= 0.3 is 5.97 Å². The highest BCUT2D eigenvalue weighted by Gasteiger charge is 2.17. The Bertz CT molecular complexity index is 219. The summed E-state index contributed by atoms with van der Waals surface area (Å²) >= 11 is 0. The summed E-state index contributed by atoms with van der Waals surface area (Å²) in [4.78, 5) is 23.4. The molecule has 1 atom stereocenters. The second-order valence-electron chi connectivity index (χ2n) is 4.15. The van der Waals surface area contributed by atoms with E-state index >= 15 is 0 Å². The van der Waals surface area contributed by atoms with Gasteiger partial charge in [-0.25, -0.2) is 0 Å². The Kier molecular flexibility index (Phi) is 5.93. The molecule has 0 fully saturated rings. The van der Waals surface area contributed by atoms with Crippen molar-refractivity contribution in [1.29, 1.82) is 0 Å². The fourth-order valence-corrected chi connectivity index (χ4v) is 1.43. The maximum Gasteiger partial charge on any atom is 0.312 e. The molecule has 0 aromatic heterocycles. The molecule has 0 aliphatic carbocycles. The Morgan fingerprint density at radius 1 is 1.33 bits per heavy atom. The van der Waals surface area contributed by atoms with Crippen molar-refractivity contribution >= 4 is 11.9 Å². The van der Waals surface area contributed by atoms with Crippen LogP contribution in [-0.4, -0.2) is 48.6 Å². The van der Waals surface area contributed by atoms with Gasteiger partial charge in [0.15, 0.2) is 0 Å². The van der Waals surface area contributed by atoms with Crippen LogP contribution in [0.2, 0.25) is 0 Å². The van der Waals surface area contributed by atoms with Gasteiger partial charge in [-0.2, -0.15) is 0 Å². The van der Waals surface area contributed by atoms with E-state index in [-0.39, 0.29) is 6.04 Å². The molecule has 0 aliphatic heterocycles. The van der Waals surface area contributed by atoms with Gasteiger partial charge in [-0.05, 0) is 20.0 Å². The summed E-state index contributed by atoms with van der Waals surface area (Å²) in [6.07, 6.45) is -0.460. The standard InChI is InChI=1S/C10H20N2O3/c1-7(2)8(12(3)4)6-11-9(13)5-10(14)15/h7-8H,5-6H2,1-4H3,(H,11,13)(H,14,15). The van der Waals surface area contributed by atoms with Crippen molar-refractivity contribution in [3.63, 3.8) is 0 Å². The maximum atomic E-state index is 11.1. The first kappa shape index (κ1) is 13.9. The zero-order valence-corrected chi connectivity index (χ0v) is 9.78. The van der Waals surface area contributed by atoms with Crippen molar-refractivity contribution in [3.8, 4) is 0 Å². The predicted octanol–water partition coefficient (Wildman–Crippen LogP) is 0.164. The van der Waals surface area contributed by atoms with Gasteiger partial charge in [-0.15, -0.1) is 0 Å². The van der Waals surface area contributed by atoms with E-state index in [0.29, 0.717) is 12.5 Å². The zero-order chi connectivity index (χ0) is 12.0. The number of aliphatic carboxylic acids is 1. The lowest BCUT2D eigenvalue weighted by Crippen LogP contribution is -2.43. The Morgan fingerprint density at radius 3 is 2.20 bits per heavy atom. The Labute approximate surface area is 90.5 Å². The van der Waals surface area contributed by atoms with Gasteiger partial charge in [0, 0.05) is 12.6 Å². The average molecular weight is 216 g/mol. The van der Waals surface area contributed by atoms with E-state index in [1.807, 2.05) is 19.0 Å². The number of rotatable bonds is 6. The third-order valence-corrected chi connectivity index (χ3v) is 2.25. The highest BCUT2D eigenvalue weighted by atomic mass is 16.4. The minimum atomic E-state index is -1.10. The maximum absolute atomic E-state index is 11.1. The van der Waals surface area contributed by atoms with Gasteiger partial charge in [-0.1, -0.05) is 13.8 Å². The Morgan fingerprint density at radius 2 is 1.87 bits per heavy atom. The van der Waals surface area contributed by atoms with Crippen LogP contribution in [0.15, 0.2) is 0 Å². The number of likely N-dealkylation sites (N-methyl/N-ethyl adjacent to an activating group) is 1. The molecule has 88 valence electrons. The van der Waals surface area contributed by atoms with Crippen LogP contribution in [0.25, 0.3) is 0 Å². The van der Waals surface area contributed by atoms with Crippen LogP contribution in [0.3, 0.4) is 0 Å². The van der Waals surface area contributed by atoms with Crippen LogP contribution < -0.4 is 5.32 Å². The molecule has 5 nitrogen and oxygen atoms in total. The van der Waals surface area contributed by atoms with Crippen molar-refractivity contribution in [3.05, 3.63) is 0 Å². The third kappa shape index (κ3) is 6.06. The molecule has 0 saturated carbocycles. The van der Waals surface area contributed by atoms with Crippen LogP contribution in [0.1, 0.15) is 20.3 Å². The van der Waals surface area contributed by atoms with Gasteiger partial charge in [0.25, 0.3) is 0 Å². The lowest BCUT2D eigenvalue weighted by molar-refractivity contribution is -0.140. The number of hydrogen-bond acceptors (Lipinski definition) is 3. The molecule has 0 radical (unpaired) electrons. The van der Waals surface area contributed by atoms with Crippen LogP contribution >= 0.6 is 0 Å². The van der Waals surface area contributed by atoms with Crippen molar-refractivity contribution in [2.24, 2.45) is 5.92 Å². The van der Waals surface area contributed by atoms with Gasteiger partial charge in [0.1, 0.15) is 6.42 Å². The lowest BCUT2D eigenvalue weighted by Gasteiger charge is -2.27. The topological polar surface area (TPSA) is 69.6 Å². The molecule has 0 aliphatic rings. The van der Waals surface area contributed by atoms with E-state index in [0.717, 1.165) is 0 Å². The number of amides is 1. The first-order valence-electron chi connectivity index (χ1n) is 4.99. The van der Waals surface area contributed by atoms with Crippen LogP contribution in [-0.2, 0) is 9.59 Å². The van der Waals surface area contributed by atoms with E-state index in [9.17, 15) is 9.59 Å². The first-order chi connectivity index (χ1) is 6.84. The molecule has 1 amide bonds. The number of nitrogens with zero attached hydrogens (tertiary/aromatic N) is 1. The van der Waals surface area contributed by atoms with Gasteiger partial charge in [0.2, 0.25) is 5.91 Å². The summed E-state index contributed by atoms with van der Waals surface area (Å²) in [6.45, 7) is 4.61. The number of hydrogen-bond donors (Lipinski definition) is 2. The van der Waals surface area contributed by atoms with Crippen LogP contribution in [0.4, 0.5) is 0 Å². The van der Waals surface area contributed by atoms with Gasteiger partial charge < -0.3 is 15.3 Å². The van der Waals surface area contributed by atoms with Crippen LogP contribution in [0, 0.1) is 5.92 Å².